The highest BCUT2D eigenvalue weighted by Crippen LogP contribution is 2.50. The van der Waals surface area contributed by atoms with Gasteiger partial charge in [-0.25, -0.2) is 15.0 Å². The third-order valence-corrected chi connectivity index (χ3v) is 14.7. The summed E-state index contributed by atoms with van der Waals surface area (Å²) in [5, 5.41) is 6.50. The van der Waals surface area contributed by atoms with Crippen LogP contribution in [0.1, 0.15) is 16.9 Å². The molecule has 0 saturated heterocycles. The number of nitrogens with zero attached hydrogens (tertiary/aromatic N) is 3. The van der Waals surface area contributed by atoms with Gasteiger partial charge in [0.25, 0.3) is 0 Å². The fourth-order valence-corrected chi connectivity index (χ4v) is 11.9. The van der Waals surface area contributed by atoms with Crippen molar-refractivity contribution >= 4 is 69.8 Å². The molecule has 2 aliphatic rings. The maximum atomic E-state index is 5.20. The average Bonchev–Trinajstić information content (AvgIpc) is 3.99. The molecule has 0 fully saturated rings. The van der Waals surface area contributed by atoms with Gasteiger partial charge in [0.2, 0.25) is 0 Å². The lowest BCUT2D eigenvalue weighted by Crippen LogP contribution is -2.00. The van der Waals surface area contributed by atoms with E-state index in [4.69, 9.17) is 15.0 Å². The SMILES string of the molecule is C1=Cc2c(sc3cc(-c4nc(-c5ccccc5)nc(-c5cccc(-c6cccc7sc8ccc(-c9ccc%10c%11c(cccc9%11)-c9ccccc9-%10)cc8c67)c5)n4)ccc23)CC1. The van der Waals surface area contributed by atoms with Crippen molar-refractivity contribution in [3.05, 3.63) is 180 Å². The molecule has 0 bridgehead atoms. The lowest BCUT2D eigenvalue weighted by Gasteiger charge is -2.11. The molecule has 8 aromatic carbocycles. The van der Waals surface area contributed by atoms with Crippen LogP contribution in [0, 0.1) is 0 Å². The highest BCUT2D eigenvalue weighted by atomic mass is 32.1. The summed E-state index contributed by atoms with van der Waals surface area (Å²) in [6, 6.07) is 59.6. The summed E-state index contributed by atoms with van der Waals surface area (Å²) in [6.45, 7) is 0. The van der Waals surface area contributed by atoms with Crippen LogP contribution in [0.5, 0.6) is 0 Å². The molecule has 0 saturated carbocycles. The predicted octanol–water partition coefficient (Wildman–Crippen LogP) is 15.5. The van der Waals surface area contributed by atoms with E-state index in [0.717, 1.165) is 35.1 Å². The van der Waals surface area contributed by atoms with E-state index in [2.05, 4.69) is 158 Å². The molecule has 3 nitrogen and oxygen atoms in total. The zero-order chi connectivity index (χ0) is 39.3. The fraction of sp³-hybridized carbons (Fsp3) is 0.0364. The Labute approximate surface area is 354 Å². The molecule has 2 aliphatic carbocycles. The summed E-state index contributed by atoms with van der Waals surface area (Å²) in [5.74, 6) is 2.01. The number of hydrogen-bond acceptors (Lipinski definition) is 5. The van der Waals surface area contributed by atoms with Crippen molar-refractivity contribution < 1.29 is 0 Å². The highest BCUT2D eigenvalue weighted by Gasteiger charge is 2.23. The first-order valence-electron chi connectivity index (χ1n) is 20.5. The van der Waals surface area contributed by atoms with Crippen molar-refractivity contribution in [3.8, 4) is 78.7 Å². The number of aryl methyl sites for hydroxylation is 1. The van der Waals surface area contributed by atoms with Crippen molar-refractivity contribution in [2.24, 2.45) is 0 Å². The molecule has 0 atom stereocenters. The molecule has 0 spiro atoms. The van der Waals surface area contributed by atoms with E-state index in [1.54, 1.807) is 0 Å². The molecular formula is C55H33N3S2. The first-order chi connectivity index (χ1) is 29.7. The molecule has 5 heteroatoms. The minimum absolute atomic E-state index is 0.660. The topological polar surface area (TPSA) is 38.7 Å². The van der Waals surface area contributed by atoms with Crippen molar-refractivity contribution in [1.82, 2.24) is 15.0 Å². The molecule has 3 aromatic heterocycles. The Morgan fingerprint density at radius 1 is 0.367 bits per heavy atom. The van der Waals surface area contributed by atoms with Crippen molar-refractivity contribution in [1.29, 1.82) is 0 Å². The van der Waals surface area contributed by atoms with E-state index in [1.165, 1.54) is 90.4 Å². The van der Waals surface area contributed by atoms with E-state index in [-0.39, 0.29) is 0 Å². The van der Waals surface area contributed by atoms with Crippen LogP contribution in [0.15, 0.2) is 170 Å². The van der Waals surface area contributed by atoms with Crippen LogP contribution >= 0.6 is 22.7 Å². The molecule has 0 N–H and O–H groups in total. The Balaban J connectivity index is 0.942. The van der Waals surface area contributed by atoms with Gasteiger partial charge >= 0.3 is 0 Å². The molecule has 0 radical (unpaired) electrons. The average molecular weight is 800 g/mol. The van der Waals surface area contributed by atoms with Crippen molar-refractivity contribution in [2.75, 3.05) is 0 Å². The second kappa shape index (κ2) is 13.2. The summed E-state index contributed by atoms with van der Waals surface area (Å²) in [5.41, 5.74) is 14.4. The predicted molar refractivity (Wildman–Crippen MR) is 255 cm³/mol. The summed E-state index contributed by atoms with van der Waals surface area (Å²) in [7, 11) is 0. The van der Waals surface area contributed by atoms with Crippen molar-refractivity contribution in [3.63, 3.8) is 0 Å². The summed E-state index contributed by atoms with van der Waals surface area (Å²) < 4.78 is 3.83. The number of hydrogen-bond donors (Lipinski definition) is 0. The van der Waals surface area contributed by atoms with E-state index in [0.29, 0.717) is 17.5 Å². The fourth-order valence-electron chi connectivity index (χ4n) is 9.56. The van der Waals surface area contributed by atoms with Crippen LogP contribution in [-0.4, -0.2) is 15.0 Å². The number of benzene rings is 8. The van der Waals surface area contributed by atoms with E-state index >= 15 is 0 Å². The zero-order valence-corrected chi connectivity index (χ0v) is 33.9. The minimum atomic E-state index is 0.660. The summed E-state index contributed by atoms with van der Waals surface area (Å²) >= 11 is 3.75. The van der Waals surface area contributed by atoms with Gasteiger partial charge in [0.15, 0.2) is 17.5 Å². The number of allylic oxidation sites excluding steroid dienone is 1. The standard InChI is InChI=1S/C55H33N3S2/c1-2-11-32(12-3-1)53-56-54(58-55(57-53)36-23-25-42-41-17-6-7-21-47(41)60-50(42)31-36)35-14-8-13-33(29-35)38-18-10-22-49-52(38)46-30-34(24-28-48(46)59-49)37-26-27-45-40-16-5-4-15-39(40)44-20-9-19-43(37)51(44)45/h1-6,8-20,22-31H,7,21H2. The highest BCUT2D eigenvalue weighted by molar-refractivity contribution is 7.26. The van der Waals surface area contributed by atoms with E-state index in [1.807, 2.05) is 40.9 Å². The van der Waals surface area contributed by atoms with Crippen LogP contribution in [0.2, 0.25) is 0 Å². The van der Waals surface area contributed by atoms with E-state index < -0.39 is 0 Å². The number of rotatable bonds is 5. The second-order valence-electron chi connectivity index (χ2n) is 15.8. The van der Waals surface area contributed by atoms with Gasteiger partial charge in [0.1, 0.15) is 0 Å². The Hall–Kier alpha value is -7.05. The number of thiophene rings is 2. The lowest BCUT2D eigenvalue weighted by atomic mass is 9.92. The molecule has 60 heavy (non-hydrogen) atoms. The second-order valence-corrected chi connectivity index (χ2v) is 18.0. The van der Waals surface area contributed by atoms with Gasteiger partial charge < -0.3 is 0 Å². The van der Waals surface area contributed by atoms with Crippen LogP contribution in [0.4, 0.5) is 0 Å². The zero-order valence-electron chi connectivity index (χ0n) is 32.3. The largest absolute Gasteiger partial charge is 0.208 e. The maximum Gasteiger partial charge on any atom is 0.164 e. The normalized spacial score (nSPS) is 12.8. The molecule has 3 heterocycles. The Morgan fingerprint density at radius 3 is 1.88 bits per heavy atom. The monoisotopic (exact) mass is 799 g/mol. The number of aromatic nitrogens is 3. The van der Waals surface area contributed by atoms with Gasteiger partial charge in [0.05, 0.1) is 0 Å². The smallest absolute Gasteiger partial charge is 0.164 e. The molecule has 0 unspecified atom stereocenters. The van der Waals surface area contributed by atoms with Crippen LogP contribution in [0.25, 0.3) is 126 Å². The first kappa shape index (κ1) is 33.9. The van der Waals surface area contributed by atoms with Gasteiger partial charge in [-0.1, -0.05) is 146 Å². The van der Waals surface area contributed by atoms with Gasteiger partial charge in [-0.3, -0.25) is 0 Å². The van der Waals surface area contributed by atoms with Gasteiger partial charge in [-0.2, -0.15) is 0 Å². The molecule has 11 aromatic rings. The van der Waals surface area contributed by atoms with Crippen LogP contribution in [0.3, 0.4) is 0 Å². The maximum absolute atomic E-state index is 5.20. The van der Waals surface area contributed by atoms with Gasteiger partial charge in [-0.05, 0) is 109 Å². The Bertz CT molecular complexity index is 3580. The molecule has 0 aliphatic heterocycles. The van der Waals surface area contributed by atoms with Crippen LogP contribution in [-0.2, 0) is 6.42 Å². The third-order valence-electron chi connectivity index (χ3n) is 12.3. The van der Waals surface area contributed by atoms with Crippen LogP contribution < -0.4 is 0 Å². The van der Waals surface area contributed by atoms with E-state index in [9.17, 15) is 0 Å². The lowest BCUT2D eigenvalue weighted by molar-refractivity contribution is 1.02. The summed E-state index contributed by atoms with van der Waals surface area (Å²) in [6.07, 6.45) is 6.77. The molecule has 0 amide bonds. The number of fused-ring (bicyclic) bond motifs is 9. The molecule has 13 rings (SSSR count). The Morgan fingerprint density at radius 2 is 1.02 bits per heavy atom. The minimum Gasteiger partial charge on any atom is -0.208 e. The molecular weight excluding hydrogens is 767 g/mol. The van der Waals surface area contributed by atoms with Gasteiger partial charge in [-0.15, -0.1) is 22.7 Å². The van der Waals surface area contributed by atoms with Crippen molar-refractivity contribution in [2.45, 2.75) is 12.8 Å². The summed E-state index contributed by atoms with van der Waals surface area (Å²) in [4.78, 5) is 16.9. The first-order valence-corrected chi connectivity index (χ1v) is 22.1. The third kappa shape index (κ3) is 5.23. The Kier molecular flexibility index (Phi) is 7.47. The quantitative estimate of drug-likeness (QED) is 0.174. The van der Waals surface area contributed by atoms with Gasteiger partial charge in [0, 0.05) is 46.4 Å². The molecule has 280 valence electrons.